The number of aliphatic hydroxyl groups is 4. The van der Waals surface area contributed by atoms with E-state index in [9.17, 15) is 24.9 Å². The summed E-state index contributed by atoms with van der Waals surface area (Å²) < 4.78 is 20.6. The molecule has 0 aromatic heterocycles. The topological polar surface area (TPSA) is 152 Å². The van der Waals surface area contributed by atoms with Crippen molar-refractivity contribution in [2.24, 2.45) is 5.92 Å². The van der Waals surface area contributed by atoms with Gasteiger partial charge in [0.15, 0.2) is 6.29 Å². The Kier molecular flexibility index (Phi) is 6.87. The van der Waals surface area contributed by atoms with Crippen LogP contribution < -0.4 is 0 Å². The van der Waals surface area contributed by atoms with Crippen molar-refractivity contribution < 1.29 is 49.0 Å². The average Bonchev–Trinajstić information content (AvgIpc) is 2.62. The van der Waals surface area contributed by atoms with Crippen LogP contribution in [-0.4, -0.2) is 83.4 Å². The molecule has 0 aromatic carbocycles. The SMILES string of the molecule is COC(=O)C1=COC(OC2O[C@H](CO)[C@@H](O)[C@H](O)[C@H]2O)CC1CC=O. The molecule has 2 aliphatic rings. The van der Waals surface area contributed by atoms with Crippen LogP contribution in [0.25, 0.3) is 0 Å². The molecular formula is C15H22O10. The van der Waals surface area contributed by atoms with Gasteiger partial charge < -0.3 is 44.2 Å². The maximum absolute atomic E-state index is 11.7. The fourth-order valence-corrected chi connectivity index (χ4v) is 2.75. The lowest BCUT2D eigenvalue weighted by Crippen LogP contribution is -2.59. The Morgan fingerprint density at radius 3 is 2.64 bits per heavy atom. The molecule has 0 radical (unpaired) electrons. The van der Waals surface area contributed by atoms with E-state index in [-0.39, 0.29) is 18.4 Å². The zero-order chi connectivity index (χ0) is 18.6. The van der Waals surface area contributed by atoms with Crippen molar-refractivity contribution in [3.05, 3.63) is 11.8 Å². The minimum Gasteiger partial charge on any atom is -0.472 e. The zero-order valence-electron chi connectivity index (χ0n) is 13.6. The summed E-state index contributed by atoms with van der Waals surface area (Å²) in [5.74, 6) is -1.13. The van der Waals surface area contributed by atoms with Crippen molar-refractivity contribution >= 4 is 12.3 Å². The number of rotatable bonds is 6. The van der Waals surface area contributed by atoms with Gasteiger partial charge in [-0.1, -0.05) is 0 Å². The van der Waals surface area contributed by atoms with Gasteiger partial charge in [-0.2, -0.15) is 0 Å². The lowest BCUT2D eigenvalue weighted by Gasteiger charge is -2.41. The van der Waals surface area contributed by atoms with E-state index in [0.717, 1.165) is 6.26 Å². The summed E-state index contributed by atoms with van der Waals surface area (Å²) >= 11 is 0. The number of aliphatic hydroxyl groups excluding tert-OH is 4. The van der Waals surface area contributed by atoms with E-state index in [2.05, 4.69) is 4.74 Å². The predicted octanol–water partition coefficient (Wildman–Crippen LogP) is -2.19. The van der Waals surface area contributed by atoms with E-state index in [0.29, 0.717) is 6.29 Å². The number of hydrogen-bond acceptors (Lipinski definition) is 10. The van der Waals surface area contributed by atoms with Crippen molar-refractivity contribution in [3.8, 4) is 0 Å². The highest BCUT2D eigenvalue weighted by Crippen LogP contribution is 2.31. The van der Waals surface area contributed by atoms with Gasteiger partial charge in [-0.3, -0.25) is 0 Å². The molecule has 4 N–H and O–H groups in total. The highest BCUT2D eigenvalue weighted by molar-refractivity contribution is 5.89. The third kappa shape index (κ3) is 4.35. The van der Waals surface area contributed by atoms with E-state index in [1.165, 1.54) is 7.11 Å². The van der Waals surface area contributed by atoms with E-state index < -0.39 is 55.5 Å². The number of carbonyl (C=O) groups excluding carboxylic acids is 2. The molecule has 10 nitrogen and oxygen atoms in total. The van der Waals surface area contributed by atoms with Gasteiger partial charge in [0.1, 0.15) is 30.7 Å². The van der Waals surface area contributed by atoms with E-state index in [4.69, 9.17) is 19.3 Å². The van der Waals surface area contributed by atoms with Crippen LogP contribution in [0.1, 0.15) is 12.8 Å². The van der Waals surface area contributed by atoms with Gasteiger partial charge in [0.05, 0.1) is 25.6 Å². The number of hydrogen-bond donors (Lipinski definition) is 4. The smallest absolute Gasteiger partial charge is 0.337 e. The van der Waals surface area contributed by atoms with Crippen LogP contribution in [0.4, 0.5) is 0 Å². The third-order valence-electron chi connectivity index (χ3n) is 4.20. The molecule has 1 fully saturated rings. The normalized spacial score (nSPS) is 38.4. The molecule has 1 saturated heterocycles. The van der Waals surface area contributed by atoms with Crippen molar-refractivity contribution in [2.45, 2.75) is 49.8 Å². The number of ether oxygens (including phenoxy) is 4. The second kappa shape index (κ2) is 8.70. The van der Waals surface area contributed by atoms with Gasteiger partial charge in [-0.15, -0.1) is 0 Å². The Balaban J connectivity index is 2.06. The van der Waals surface area contributed by atoms with Crippen LogP contribution in [-0.2, 0) is 28.5 Å². The molecule has 142 valence electrons. The fourth-order valence-electron chi connectivity index (χ4n) is 2.75. The maximum Gasteiger partial charge on any atom is 0.337 e. The second-order valence-electron chi connectivity index (χ2n) is 5.80. The van der Waals surface area contributed by atoms with Crippen LogP contribution in [0.15, 0.2) is 11.8 Å². The first kappa shape index (κ1) is 19.8. The highest BCUT2D eigenvalue weighted by atomic mass is 16.8. The van der Waals surface area contributed by atoms with E-state index >= 15 is 0 Å². The lowest BCUT2D eigenvalue weighted by atomic mass is 9.92. The van der Waals surface area contributed by atoms with Gasteiger partial charge in [-0.05, 0) is 0 Å². The summed E-state index contributed by atoms with van der Waals surface area (Å²) in [6.07, 6.45) is -6.18. The third-order valence-corrected chi connectivity index (χ3v) is 4.20. The Morgan fingerprint density at radius 2 is 2.04 bits per heavy atom. The number of methoxy groups -OCH3 is 1. The summed E-state index contributed by atoms with van der Waals surface area (Å²) in [7, 11) is 1.21. The molecule has 0 amide bonds. The minimum absolute atomic E-state index is 0.0405. The summed E-state index contributed by atoms with van der Waals surface area (Å²) in [5, 5.41) is 38.6. The van der Waals surface area contributed by atoms with Crippen LogP contribution in [0.2, 0.25) is 0 Å². The van der Waals surface area contributed by atoms with Crippen molar-refractivity contribution in [2.75, 3.05) is 13.7 Å². The first-order chi connectivity index (χ1) is 11.9. The van der Waals surface area contributed by atoms with Crippen molar-refractivity contribution in [1.29, 1.82) is 0 Å². The first-order valence-electron chi connectivity index (χ1n) is 7.76. The molecule has 3 unspecified atom stereocenters. The van der Waals surface area contributed by atoms with Crippen LogP contribution in [0.5, 0.6) is 0 Å². The summed E-state index contributed by atoms with van der Waals surface area (Å²) in [6, 6.07) is 0. The molecule has 0 saturated carbocycles. The molecule has 10 heteroatoms. The summed E-state index contributed by atoms with van der Waals surface area (Å²) in [6.45, 7) is -0.587. The maximum atomic E-state index is 11.7. The zero-order valence-corrected chi connectivity index (χ0v) is 13.6. The number of esters is 1. The van der Waals surface area contributed by atoms with Gasteiger partial charge in [0.2, 0.25) is 6.29 Å². The van der Waals surface area contributed by atoms with Crippen LogP contribution in [0.3, 0.4) is 0 Å². The number of carbonyl (C=O) groups is 2. The Hall–Kier alpha value is -1.56. The molecule has 2 rings (SSSR count). The monoisotopic (exact) mass is 362 g/mol. The van der Waals surface area contributed by atoms with Crippen molar-refractivity contribution in [1.82, 2.24) is 0 Å². The standard InChI is InChI=1S/C15H22O10/c1-22-14(21)8-6-23-10(4-7(8)2-3-16)25-15-13(20)12(19)11(18)9(5-17)24-15/h3,6-7,9-13,15,17-20H,2,4-5H2,1H3/t7?,9-,10?,11-,12+,13-,15?/m1/s1. The first-order valence-corrected chi connectivity index (χ1v) is 7.76. The Labute approximate surface area is 143 Å². The largest absolute Gasteiger partial charge is 0.472 e. The van der Waals surface area contributed by atoms with Crippen LogP contribution >= 0.6 is 0 Å². The van der Waals surface area contributed by atoms with E-state index in [1.807, 2.05) is 0 Å². The predicted molar refractivity (Wildman–Crippen MR) is 78.6 cm³/mol. The van der Waals surface area contributed by atoms with E-state index in [1.54, 1.807) is 0 Å². The molecule has 0 aliphatic carbocycles. The average molecular weight is 362 g/mol. The van der Waals surface area contributed by atoms with Gasteiger partial charge >= 0.3 is 5.97 Å². The molecule has 0 aromatic rings. The molecule has 7 atom stereocenters. The Bertz CT molecular complexity index is 505. The van der Waals surface area contributed by atoms with Gasteiger partial charge in [-0.25, -0.2) is 4.79 Å². The van der Waals surface area contributed by atoms with Crippen LogP contribution in [0, 0.1) is 5.92 Å². The van der Waals surface area contributed by atoms with Gasteiger partial charge in [0, 0.05) is 18.8 Å². The molecule has 0 bridgehead atoms. The number of aldehydes is 1. The highest BCUT2D eigenvalue weighted by Gasteiger charge is 2.45. The quantitative estimate of drug-likeness (QED) is 0.303. The second-order valence-corrected chi connectivity index (χ2v) is 5.80. The lowest BCUT2D eigenvalue weighted by molar-refractivity contribution is -0.334. The molecule has 0 spiro atoms. The Morgan fingerprint density at radius 1 is 1.32 bits per heavy atom. The molecular weight excluding hydrogens is 340 g/mol. The molecule has 25 heavy (non-hydrogen) atoms. The summed E-state index contributed by atoms with van der Waals surface area (Å²) in [5.41, 5.74) is 0.184. The molecule has 2 heterocycles. The van der Waals surface area contributed by atoms with Crippen molar-refractivity contribution in [3.63, 3.8) is 0 Å². The van der Waals surface area contributed by atoms with Gasteiger partial charge in [0.25, 0.3) is 0 Å². The fraction of sp³-hybridized carbons (Fsp3) is 0.733. The molecule has 2 aliphatic heterocycles. The minimum atomic E-state index is -1.58. The summed E-state index contributed by atoms with van der Waals surface area (Å²) in [4.78, 5) is 22.5.